The summed E-state index contributed by atoms with van der Waals surface area (Å²) >= 11 is 0. The molecular weight excluding hydrogens is 420 g/mol. The number of nitro benzene ring substituents is 1. The summed E-state index contributed by atoms with van der Waals surface area (Å²) in [5, 5.41) is 14.5. The van der Waals surface area contributed by atoms with Crippen LogP contribution in [0.5, 0.6) is 5.75 Å². The topological polar surface area (TPSA) is 105 Å². The van der Waals surface area contributed by atoms with Crippen LogP contribution < -0.4 is 10.1 Å². The lowest BCUT2D eigenvalue weighted by Crippen LogP contribution is -2.47. The second-order valence-corrected chi connectivity index (χ2v) is 9.63. The van der Waals surface area contributed by atoms with E-state index in [0.717, 1.165) is 22.9 Å². The van der Waals surface area contributed by atoms with Crippen molar-refractivity contribution in [1.29, 1.82) is 0 Å². The molecule has 1 fully saturated rings. The summed E-state index contributed by atoms with van der Waals surface area (Å²) < 4.78 is 32.9. The molecule has 0 aromatic heterocycles. The van der Waals surface area contributed by atoms with Gasteiger partial charge >= 0.3 is 0 Å². The van der Waals surface area contributed by atoms with Crippen molar-refractivity contribution in [2.75, 3.05) is 51.7 Å². The fourth-order valence-corrected chi connectivity index (χ4v) is 4.90. The van der Waals surface area contributed by atoms with E-state index in [1.807, 2.05) is 44.0 Å². The van der Waals surface area contributed by atoms with Crippen LogP contribution in [0.4, 0.5) is 11.4 Å². The lowest BCUT2D eigenvalue weighted by molar-refractivity contribution is -0.384. The normalized spacial score (nSPS) is 15.6. The summed E-state index contributed by atoms with van der Waals surface area (Å²) in [6.07, 6.45) is 0. The first-order chi connectivity index (χ1) is 14.7. The maximum Gasteiger partial charge on any atom is 0.293 e. The minimum absolute atomic E-state index is 0.0687. The molecule has 0 unspecified atom stereocenters. The Morgan fingerprint density at radius 3 is 2.45 bits per heavy atom. The molecule has 3 rings (SSSR count). The Kier molecular flexibility index (Phi) is 7.14. The van der Waals surface area contributed by atoms with E-state index >= 15 is 0 Å². The van der Waals surface area contributed by atoms with E-state index in [1.54, 1.807) is 0 Å². The Hall–Kier alpha value is -2.69. The molecule has 0 saturated carbocycles. The van der Waals surface area contributed by atoms with Gasteiger partial charge in [0.2, 0.25) is 10.0 Å². The van der Waals surface area contributed by atoms with E-state index in [1.165, 1.54) is 16.4 Å². The molecule has 0 aliphatic carbocycles. The number of nitrogens with one attached hydrogen (secondary N) is 1. The smallest absolute Gasteiger partial charge is 0.293 e. The molecule has 0 radical (unpaired) electrons. The van der Waals surface area contributed by atoms with Gasteiger partial charge in [-0.15, -0.1) is 0 Å². The molecule has 1 saturated heterocycles. The van der Waals surface area contributed by atoms with E-state index in [4.69, 9.17) is 4.74 Å². The Labute approximate surface area is 182 Å². The van der Waals surface area contributed by atoms with E-state index in [-0.39, 0.29) is 16.3 Å². The van der Waals surface area contributed by atoms with Crippen molar-refractivity contribution in [3.05, 3.63) is 57.6 Å². The molecule has 0 amide bonds. The molecule has 0 bridgehead atoms. The van der Waals surface area contributed by atoms with Crippen LogP contribution in [0.3, 0.4) is 0 Å². The summed E-state index contributed by atoms with van der Waals surface area (Å²) in [5.74, 6) is 0.760. The van der Waals surface area contributed by atoms with Crippen molar-refractivity contribution in [2.45, 2.75) is 18.7 Å². The van der Waals surface area contributed by atoms with Crippen molar-refractivity contribution in [2.24, 2.45) is 0 Å². The minimum atomic E-state index is -3.78. The molecule has 10 heteroatoms. The van der Waals surface area contributed by atoms with Gasteiger partial charge in [0.25, 0.3) is 5.69 Å². The second kappa shape index (κ2) is 9.63. The Bertz CT molecular complexity index is 1050. The maximum atomic E-state index is 12.9. The molecule has 1 aliphatic rings. The van der Waals surface area contributed by atoms with Crippen molar-refractivity contribution >= 4 is 21.4 Å². The van der Waals surface area contributed by atoms with Gasteiger partial charge in [0.15, 0.2) is 0 Å². The average molecular weight is 449 g/mol. The predicted molar refractivity (Wildman–Crippen MR) is 119 cm³/mol. The van der Waals surface area contributed by atoms with Gasteiger partial charge in [0.1, 0.15) is 18.0 Å². The molecule has 0 spiro atoms. The number of ether oxygens (including phenoxy) is 1. The molecule has 1 aliphatic heterocycles. The van der Waals surface area contributed by atoms with Crippen LogP contribution in [0.15, 0.2) is 41.3 Å². The molecule has 2 aromatic carbocycles. The van der Waals surface area contributed by atoms with Gasteiger partial charge in [-0.1, -0.05) is 17.7 Å². The summed E-state index contributed by atoms with van der Waals surface area (Å²) in [6, 6.07) is 9.85. The third kappa shape index (κ3) is 5.52. The zero-order valence-corrected chi connectivity index (χ0v) is 18.8. The predicted octanol–water partition coefficient (Wildman–Crippen LogP) is 2.64. The van der Waals surface area contributed by atoms with Gasteiger partial charge in [-0.05, 0) is 44.7 Å². The van der Waals surface area contributed by atoms with Crippen LogP contribution in [0.1, 0.15) is 11.1 Å². The quantitative estimate of drug-likeness (QED) is 0.376. The number of anilines is 1. The zero-order valence-electron chi connectivity index (χ0n) is 18.0. The number of nitrogens with zero attached hydrogens (tertiary/aromatic N) is 3. The highest BCUT2D eigenvalue weighted by Crippen LogP contribution is 2.29. The molecule has 1 heterocycles. The van der Waals surface area contributed by atoms with Crippen molar-refractivity contribution in [3.63, 3.8) is 0 Å². The standard InChI is InChI=1S/C21H28N4O5S/c1-16-4-7-21(17(2)14-16)30-13-8-22-19-6-5-18(15-20(19)25(26)27)31(28,29)24-11-9-23(3)10-12-24/h4-7,14-15,22H,8-13H2,1-3H3. The number of piperazine rings is 1. The number of rotatable bonds is 8. The zero-order chi connectivity index (χ0) is 22.6. The summed E-state index contributed by atoms with van der Waals surface area (Å²) in [7, 11) is -1.85. The number of hydrogen-bond donors (Lipinski definition) is 1. The van der Waals surface area contributed by atoms with E-state index in [9.17, 15) is 18.5 Å². The Morgan fingerprint density at radius 1 is 1.10 bits per heavy atom. The van der Waals surface area contributed by atoms with Crippen LogP contribution in [-0.4, -0.2) is 68.9 Å². The molecular formula is C21H28N4O5S. The highest BCUT2D eigenvalue weighted by Gasteiger charge is 2.29. The van der Waals surface area contributed by atoms with Crippen LogP contribution in [0.25, 0.3) is 0 Å². The number of aryl methyl sites for hydroxylation is 2. The van der Waals surface area contributed by atoms with Gasteiger partial charge in [0, 0.05) is 38.8 Å². The largest absolute Gasteiger partial charge is 0.491 e. The highest BCUT2D eigenvalue weighted by molar-refractivity contribution is 7.89. The third-order valence-corrected chi connectivity index (χ3v) is 7.17. The van der Waals surface area contributed by atoms with Gasteiger partial charge in [-0.2, -0.15) is 4.31 Å². The minimum Gasteiger partial charge on any atom is -0.491 e. The van der Waals surface area contributed by atoms with Gasteiger partial charge in [-0.25, -0.2) is 8.42 Å². The fourth-order valence-electron chi connectivity index (χ4n) is 3.46. The van der Waals surface area contributed by atoms with Crippen LogP contribution in [-0.2, 0) is 10.0 Å². The van der Waals surface area contributed by atoms with Gasteiger partial charge < -0.3 is 15.0 Å². The molecule has 1 N–H and O–H groups in total. The molecule has 168 valence electrons. The van der Waals surface area contributed by atoms with Gasteiger partial charge in [0.05, 0.1) is 9.82 Å². The van der Waals surface area contributed by atoms with Crippen LogP contribution >= 0.6 is 0 Å². The number of sulfonamides is 1. The SMILES string of the molecule is Cc1ccc(OCCNc2ccc(S(=O)(=O)N3CCN(C)CC3)cc2[N+](=O)[O-])c(C)c1. The lowest BCUT2D eigenvalue weighted by Gasteiger charge is -2.31. The number of nitro groups is 1. The van der Waals surface area contributed by atoms with Gasteiger partial charge in [-0.3, -0.25) is 10.1 Å². The number of likely N-dealkylation sites (N-methyl/N-ethyl adjacent to an activating group) is 1. The second-order valence-electron chi connectivity index (χ2n) is 7.69. The summed E-state index contributed by atoms with van der Waals surface area (Å²) in [5.41, 5.74) is 2.14. The average Bonchev–Trinajstić information content (AvgIpc) is 2.72. The first-order valence-electron chi connectivity index (χ1n) is 10.1. The monoisotopic (exact) mass is 448 g/mol. The first kappa shape index (κ1) is 23.0. The van der Waals surface area contributed by atoms with Crippen molar-refractivity contribution in [1.82, 2.24) is 9.21 Å². The highest BCUT2D eigenvalue weighted by atomic mass is 32.2. The third-order valence-electron chi connectivity index (χ3n) is 5.27. The Morgan fingerprint density at radius 2 is 1.81 bits per heavy atom. The summed E-state index contributed by atoms with van der Waals surface area (Å²) in [4.78, 5) is 13.0. The number of hydrogen-bond acceptors (Lipinski definition) is 7. The molecule has 0 atom stereocenters. The maximum absolute atomic E-state index is 12.9. The first-order valence-corrected chi connectivity index (χ1v) is 11.5. The van der Waals surface area contributed by atoms with E-state index in [2.05, 4.69) is 5.32 Å². The van der Waals surface area contributed by atoms with Crippen molar-refractivity contribution in [3.8, 4) is 5.75 Å². The van der Waals surface area contributed by atoms with E-state index < -0.39 is 14.9 Å². The fraction of sp³-hybridized carbons (Fsp3) is 0.429. The molecule has 2 aromatic rings. The Balaban J connectivity index is 1.68. The number of benzene rings is 2. The summed E-state index contributed by atoms with van der Waals surface area (Å²) in [6.45, 7) is 6.58. The van der Waals surface area contributed by atoms with Crippen LogP contribution in [0, 0.1) is 24.0 Å². The molecule has 31 heavy (non-hydrogen) atoms. The molecule has 9 nitrogen and oxygen atoms in total. The van der Waals surface area contributed by atoms with Crippen molar-refractivity contribution < 1.29 is 18.1 Å². The lowest BCUT2D eigenvalue weighted by atomic mass is 10.1. The van der Waals surface area contributed by atoms with Crippen LogP contribution in [0.2, 0.25) is 0 Å². The van der Waals surface area contributed by atoms with E-state index in [0.29, 0.717) is 39.3 Å².